The molecule has 1 aromatic rings. The Balaban J connectivity index is 2.97. The maximum atomic E-state index is 10.4. The van der Waals surface area contributed by atoms with Crippen molar-refractivity contribution in [3.63, 3.8) is 0 Å². The highest BCUT2D eigenvalue weighted by Crippen LogP contribution is 2.21. The second kappa shape index (κ2) is 5.75. The molecule has 0 unspecified atom stereocenters. The van der Waals surface area contributed by atoms with Gasteiger partial charge in [-0.05, 0) is 25.1 Å². The number of aryl methyl sites for hydroxylation is 1. The lowest BCUT2D eigenvalue weighted by Gasteiger charge is -2.07. The molecule has 0 heterocycles. The number of hydrogen-bond acceptors (Lipinski definition) is 2. The zero-order valence-electron chi connectivity index (χ0n) is 9.14. The molecule has 84 valence electrons. The molecule has 0 aliphatic carbocycles. The van der Waals surface area contributed by atoms with Crippen molar-refractivity contribution >= 4 is 12.0 Å². The molecule has 1 rings (SSSR count). The highest BCUT2D eigenvalue weighted by Gasteiger charge is 2.01. The summed E-state index contributed by atoms with van der Waals surface area (Å²) in [5, 5.41) is 8.57. The molecule has 16 heavy (non-hydrogen) atoms. The van der Waals surface area contributed by atoms with E-state index in [0.29, 0.717) is 12.4 Å². The van der Waals surface area contributed by atoms with Crippen molar-refractivity contribution in [2.75, 3.05) is 6.61 Å². The molecule has 0 aliphatic rings. The largest absolute Gasteiger partial charge is 0.489 e. The molecule has 0 spiro atoms. The van der Waals surface area contributed by atoms with E-state index in [9.17, 15) is 4.79 Å². The Labute approximate surface area is 94.7 Å². The van der Waals surface area contributed by atoms with Crippen molar-refractivity contribution in [3.8, 4) is 5.75 Å². The van der Waals surface area contributed by atoms with Gasteiger partial charge in [0.2, 0.25) is 0 Å². The molecular weight excluding hydrogens is 204 g/mol. The van der Waals surface area contributed by atoms with Crippen LogP contribution in [0.5, 0.6) is 5.75 Å². The van der Waals surface area contributed by atoms with Gasteiger partial charge in [0.25, 0.3) is 0 Å². The molecule has 0 saturated heterocycles. The predicted molar refractivity (Wildman–Crippen MR) is 63.5 cm³/mol. The van der Waals surface area contributed by atoms with Crippen molar-refractivity contribution in [1.29, 1.82) is 0 Å². The minimum absolute atomic E-state index is 0.400. The molecule has 3 nitrogen and oxygen atoms in total. The van der Waals surface area contributed by atoms with Crippen LogP contribution in [-0.2, 0) is 4.79 Å². The molecule has 0 bridgehead atoms. The molecule has 3 heteroatoms. The van der Waals surface area contributed by atoms with Crippen LogP contribution in [0.2, 0.25) is 0 Å². The van der Waals surface area contributed by atoms with Gasteiger partial charge in [0.1, 0.15) is 12.4 Å². The van der Waals surface area contributed by atoms with Crippen LogP contribution in [0, 0.1) is 6.92 Å². The molecule has 1 N–H and O–H groups in total. The fourth-order valence-corrected chi connectivity index (χ4v) is 1.24. The van der Waals surface area contributed by atoms with Gasteiger partial charge >= 0.3 is 5.97 Å². The molecule has 0 atom stereocenters. The van der Waals surface area contributed by atoms with E-state index < -0.39 is 5.97 Å². The van der Waals surface area contributed by atoms with Crippen LogP contribution >= 0.6 is 0 Å². The molecule has 0 amide bonds. The third kappa shape index (κ3) is 3.61. The number of carboxylic acids is 1. The first kappa shape index (κ1) is 12.0. The first-order valence-corrected chi connectivity index (χ1v) is 4.89. The third-order valence-electron chi connectivity index (χ3n) is 1.93. The van der Waals surface area contributed by atoms with Crippen LogP contribution in [0.1, 0.15) is 11.1 Å². The van der Waals surface area contributed by atoms with E-state index in [0.717, 1.165) is 17.2 Å². The van der Waals surface area contributed by atoms with Crippen LogP contribution in [0.4, 0.5) is 0 Å². The Bertz CT molecular complexity index is 419. The molecule has 0 aromatic heterocycles. The van der Waals surface area contributed by atoms with Crippen LogP contribution < -0.4 is 4.74 Å². The van der Waals surface area contributed by atoms with Gasteiger partial charge in [-0.25, -0.2) is 4.79 Å². The zero-order valence-corrected chi connectivity index (χ0v) is 9.14. The Kier molecular flexibility index (Phi) is 4.33. The minimum atomic E-state index is -0.976. The standard InChI is InChI=1S/C13H14O3/c1-3-8-16-12-6-4-10(2)9-11(12)5-7-13(14)15/h3-7,9H,1,8H2,2H3,(H,14,15). The highest BCUT2D eigenvalue weighted by atomic mass is 16.5. The summed E-state index contributed by atoms with van der Waals surface area (Å²) in [6.45, 7) is 5.90. The number of benzene rings is 1. The Hall–Kier alpha value is -2.03. The number of carboxylic acid groups (broad SMARTS) is 1. The van der Waals surface area contributed by atoms with Crippen molar-refractivity contribution in [2.24, 2.45) is 0 Å². The Morgan fingerprint density at radius 1 is 1.56 bits per heavy atom. The van der Waals surface area contributed by atoms with E-state index in [1.165, 1.54) is 6.08 Å². The fraction of sp³-hybridized carbons (Fsp3) is 0.154. The summed E-state index contributed by atoms with van der Waals surface area (Å²) in [5.74, 6) is -0.320. The van der Waals surface area contributed by atoms with Crippen LogP contribution in [0.3, 0.4) is 0 Å². The van der Waals surface area contributed by atoms with E-state index in [-0.39, 0.29) is 0 Å². The number of rotatable bonds is 5. The lowest BCUT2D eigenvalue weighted by Crippen LogP contribution is -1.95. The molecule has 0 fully saturated rings. The van der Waals surface area contributed by atoms with Gasteiger partial charge in [0.15, 0.2) is 0 Å². The maximum absolute atomic E-state index is 10.4. The smallest absolute Gasteiger partial charge is 0.328 e. The molecule has 0 radical (unpaired) electrons. The lowest BCUT2D eigenvalue weighted by molar-refractivity contribution is -0.131. The number of ether oxygens (including phenoxy) is 1. The summed E-state index contributed by atoms with van der Waals surface area (Å²) >= 11 is 0. The van der Waals surface area contributed by atoms with E-state index >= 15 is 0 Å². The first-order chi connectivity index (χ1) is 7.63. The van der Waals surface area contributed by atoms with Gasteiger partial charge in [0.05, 0.1) is 0 Å². The van der Waals surface area contributed by atoms with Gasteiger partial charge in [-0.15, -0.1) is 0 Å². The monoisotopic (exact) mass is 218 g/mol. The maximum Gasteiger partial charge on any atom is 0.328 e. The van der Waals surface area contributed by atoms with Gasteiger partial charge in [-0.3, -0.25) is 0 Å². The van der Waals surface area contributed by atoms with Crippen LogP contribution in [-0.4, -0.2) is 17.7 Å². The average molecular weight is 218 g/mol. The van der Waals surface area contributed by atoms with Gasteiger partial charge in [0, 0.05) is 11.6 Å². The summed E-state index contributed by atoms with van der Waals surface area (Å²) in [6.07, 6.45) is 4.26. The Morgan fingerprint density at radius 3 is 2.94 bits per heavy atom. The third-order valence-corrected chi connectivity index (χ3v) is 1.93. The molecule has 0 saturated carbocycles. The minimum Gasteiger partial charge on any atom is -0.489 e. The van der Waals surface area contributed by atoms with E-state index in [2.05, 4.69) is 6.58 Å². The summed E-state index contributed by atoms with van der Waals surface area (Å²) in [6, 6.07) is 5.61. The molecular formula is C13H14O3. The number of aliphatic carboxylic acids is 1. The van der Waals surface area contributed by atoms with Crippen molar-refractivity contribution in [2.45, 2.75) is 6.92 Å². The predicted octanol–water partition coefficient (Wildman–Crippen LogP) is 2.66. The van der Waals surface area contributed by atoms with Crippen molar-refractivity contribution in [1.82, 2.24) is 0 Å². The fourth-order valence-electron chi connectivity index (χ4n) is 1.24. The van der Waals surface area contributed by atoms with Crippen LogP contribution in [0.15, 0.2) is 36.9 Å². The summed E-state index contributed by atoms with van der Waals surface area (Å²) < 4.78 is 5.41. The Morgan fingerprint density at radius 2 is 2.31 bits per heavy atom. The number of hydrogen-bond donors (Lipinski definition) is 1. The van der Waals surface area contributed by atoms with Gasteiger partial charge in [-0.2, -0.15) is 0 Å². The van der Waals surface area contributed by atoms with Gasteiger partial charge in [-0.1, -0.05) is 24.3 Å². The van der Waals surface area contributed by atoms with Gasteiger partial charge < -0.3 is 9.84 Å². The lowest BCUT2D eigenvalue weighted by atomic mass is 10.1. The second-order valence-corrected chi connectivity index (χ2v) is 3.31. The molecule has 1 aromatic carbocycles. The molecule has 0 aliphatic heterocycles. The van der Waals surface area contributed by atoms with Crippen molar-refractivity contribution < 1.29 is 14.6 Å². The normalized spacial score (nSPS) is 10.3. The first-order valence-electron chi connectivity index (χ1n) is 4.89. The topological polar surface area (TPSA) is 46.5 Å². The van der Waals surface area contributed by atoms with Crippen LogP contribution in [0.25, 0.3) is 6.08 Å². The summed E-state index contributed by atoms with van der Waals surface area (Å²) in [7, 11) is 0. The van der Waals surface area contributed by atoms with Crippen molar-refractivity contribution in [3.05, 3.63) is 48.1 Å². The summed E-state index contributed by atoms with van der Waals surface area (Å²) in [4.78, 5) is 10.4. The average Bonchev–Trinajstić information content (AvgIpc) is 2.25. The highest BCUT2D eigenvalue weighted by molar-refractivity contribution is 5.85. The van der Waals surface area contributed by atoms with E-state index in [4.69, 9.17) is 9.84 Å². The zero-order chi connectivity index (χ0) is 12.0. The quantitative estimate of drug-likeness (QED) is 0.610. The van der Waals surface area contributed by atoms with E-state index in [1.807, 2.05) is 25.1 Å². The SMILES string of the molecule is C=CCOc1ccc(C)cc1C=CC(=O)O. The van der Waals surface area contributed by atoms with E-state index in [1.54, 1.807) is 6.08 Å². The number of carbonyl (C=O) groups is 1. The second-order valence-electron chi connectivity index (χ2n) is 3.31. The summed E-state index contributed by atoms with van der Waals surface area (Å²) in [5.41, 5.74) is 1.81.